The van der Waals surface area contributed by atoms with Gasteiger partial charge in [0.1, 0.15) is 17.6 Å². The first kappa shape index (κ1) is 13.0. The van der Waals surface area contributed by atoms with Crippen LogP contribution in [0.1, 0.15) is 37.3 Å². The second-order valence-corrected chi connectivity index (χ2v) is 4.75. The lowest BCUT2D eigenvalue weighted by Crippen LogP contribution is -2.17. The fourth-order valence-electron chi connectivity index (χ4n) is 2.46. The normalized spacial score (nSPS) is 22.2. The Bertz CT molecular complexity index is 451. The molecule has 2 atom stereocenters. The number of aromatic hydroxyl groups is 1. The monoisotopic (exact) mass is 248 g/mol. The van der Waals surface area contributed by atoms with Crippen molar-refractivity contribution in [1.82, 2.24) is 0 Å². The van der Waals surface area contributed by atoms with Crippen molar-refractivity contribution in [2.24, 2.45) is 0 Å². The van der Waals surface area contributed by atoms with Crippen molar-refractivity contribution in [2.75, 3.05) is 6.61 Å². The Morgan fingerprint density at radius 3 is 2.83 bits per heavy atom. The first-order valence-corrected chi connectivity index (χ1v) is 6.41. The fraction of sp³-hybridized carbons (Fsp3) is 0.467. The number of hydrogen-bond donors (Lipinski definition) is 2. The summed E-state index contributed by atoms with van der Waals surface area (Å²) in [4.78, 5) is 0. The predicted octanol–water partition coefficient (Wildman–Crippen LogP) is 2.76. The maximum absolute atomic E-state index is 10.1. The first-order chi connectivity index (χ1) is 8.67. The van der Waals surface area contributed by atoms with Crippen molar-refractivity contribution in [3.8, 4) is 11.5 Å². The van der Waals surface area contributed by atoms with Crippen LogP contribution in [0.3, 0.4) is 0 Å². The molecule has 0 unspecified atom stereocenters. The second-order valence-electron chi connectivity index (χ2n) is 4.75. The van der Waals surface area contributed by atoms with Gasteiger partial charge in [-0.05, 0) is 44.4 Å². The van der Waals surface area contributed by atoms with Gasteiger partial charge in [0.15, 0.2) is 0 Å². The van der Waals surface area contributed by atoms with Crippen LogP contribution in [0.2, 0.25) is 0 Å². The van der Waals surface area contributed by atoms with E-state index in [4.69, 9.17) is 4.74 Å². The molecule has 0 amide bonds. The van der Waals surface area contributed by atoms with Gasteiger partial charge in [-0.3, -0.25) is 0 Å². The molecule has 3 nitrogen and oxygen atoms in total. The summed E-state index contributed by atoms with van der Waals surface area (Å²) in [5.41, 5.74) is 1.81. The molecule has 98 valence electrons. The minimum Gasteiger partial charge on any atom is -0.508 e. The molecular formula is C15H20O3. The zero-order valence-corrected chi connectivity index (χ0v) is 10.9. The lowest BCUT2D eigenvalue weighted by atomic mass is 9.94. The van der Waals surface area contributed by atoms with Crippen molar-refractivity contribution < 1.29 is 14.9 Å². The zero-order valence-electron chi connectivity index (χ0n) is 10.9. The summed E-state index contributed by atoms with van der Waals surface area (Å²) in [6, 6.07) is 3.76. The third-order valence-corrected chi connectivity index (χ3v) is 3.46. The maximum atomic E-state index is 10.1. The molecule has 0 saturated heterocycles. The third-order valence-electron chi connectivity index (χ3n) is 3.46. The lowest BCUT2D eigenvalue weighted by molar-refractivity contribution is 0.172. The number of fused-ring (bicyclic) bond motifs is 1. The molecule has 0 bridgehead atoms. The third kappa shape index (κ3) is 2.36. The van der Waals surface area contributed by atoms with E-state index in [1.165, 1.54) is 0 Å². The van der Waals surface area contributed by atoms with E-state index in [-0.39, 0.29) is 24.4 Å². The van der Waals surface area contributed by atoms with Gasteiger partial charge in [0.05, 0.1) is 12.5 Å². The van der Waals surface area contributed by atoms with Crippen LogP contribution in [0.4, 0.5) is 0 Å². The largest absolute Gasteiger partial charge is 0.508 e. The van der Waals surface area contributed by atoms with Crippen LogP contribution in [0, 0.1) is 0 Å². The van der Waals surface area contributed by atoms with Crippen LogP contribution in [0.15, 0.2) is 24.3 Å². The molecule has 1 aromatic rings. The summed E-state index contributed by atoms with van der Waals surface area (Å²) in [6.07, 6.45) is 5.87. The number of aliphatic hydroxyl groups is 1. The molecule has 0 fully saturated rings. The Morgan fingerprint density at radius 2 is 2.17 bits per heavy atom. The van der Waals surface area contributed by atoms with E-state index in [0.29, 0.717) is 0 Å². The standard InChI is InChI=1S/C15H20O3/c1-3-4-5-6-11-7-13(17)15-12(9-16)10(2)18-14(15)8-11/h3-4,7-8,10,12,16-17H,5-6,9H2,1-2H3/t10-,12+/m0/s1. The van der Waals surface area contributed by atoms with E-state index in [1.54, 1.807) is 6.07 Å². The summed E-state index contributed by atoms with van der Waals surface area (Å²) in [7, 11) is 0. The number of benzene rings is 1. The molecule has 1 heterocycles. The van der Waals surface area contributed by atoms with Gasteiger partial charge in [0, 0.05) is 5.56 Å². The first-order valence-electron chi connectivity index (χ1n) is 6.41. The van der Waals surface area contributed by atoms with E-state index >= 15 is 0 Å². The lowest BCUT2D eigenvalue weighted by Gasteiger charge is -2.11. The van der Waals surface area contributed by atoms with Gasteiger partial charge in [-0.25, -0.2) is 0 Å². The highest BCUT2D eigenvalue weighted by Gasteiger charge is 2.33. The second kappa shape index (κ2) is 5.44. The number of ether oxygens (including phenoxy) is 1. The van der Waals surface area contributed by atoms with Gasteiger partial charge < -0.3 is 14.9 Å². The van der Waals surface area contributed by atoms with E-state index in [1.807, 2.05) is 26.0 Å². The number of rotatable bonds is 4. The van der Waals surface area contributed by atoms with Gasteiger partial charge in [-0.1, -0.05) is 12.2 Å². The van der Waals surface area contributed by atoms with Crippen LogP contribution in [-0.2, 0) is 6.42 Å². The van der Waals surface area contributed by atoms with Gasteiger partial charge in [0.25, 0.3) is 0 Å². The average molecular weight is 248 g/mol. The molecule has 2 N–H and O–H groups in total. The van der Waals surface area contributed by atoms with E-state index in [0.717, 1.165) is 29.7 Å². The number of aryl methyl sites for hydroxylation is 1. The minimum atomic E-state index is -0.121. The highest BCUT2D eigenvalue weighted by atomic mass is 16.5. The number of aliphatic hydroxyl groups excluding tert-OH is 1. The summed E-state index contributed by atoms with van der Waals surface area (Å²) >= 11 is 0. The van der Waals surface area contributed by atoms with Crippen molar-refractivity contribution >= 4 is 0 Å². The summed E-state index contributed by atoms with van der Waals surface area (Å²) in [5.74, 6) is 0.841. The fourth-order valence-corrected chi connectivity index (χ4v) is 2.46. The quantitative estimate of drug-likeness (QED) is 0.805. The van der Waals surface area contributed by atoms with Crippen molar-refractivity contribution in [2.45, 2.75) is 38.7 Å². The molecule has 0 radical (unpaired) electrons. The number of hydrogen-bond acceptors (Lipinski definition) is 3. The van der Waals surface area contributed by atoms with Gasteiger partial charge in [-0.2, -0.15) is 0 Å². The predicted molar refractivity (Wildman–Crippen MR) is 71.2 cm³/mol. The Kier molecular flexibility index (Phi) is 3.92. The van der Waals surface area contributed by atoms with Crippen LogP contribution >= 0.6 is 0 Å². The van der Waals surface area contributed by atoms with E-state index in [9.17, 15) is 10.2 Å². The molecule has 2 rings (SSSR count). The van der Waals surface area contributed by atoms with Gasteiger partial charge in [0.2, 0.25) is 0 Å². The number of phenolic OH excluding ortho intramolecular Hbond substituents is 1. The minimum absolute atomic E-state index is 0.000351. The Labute approximate surface area is 108 Å². The molecular weight excluding hydrogens is 228 g/mol. The van der Waals surface area contributed by atoms with Gasteiger partial charge >= 0.3 is 0 Å². The topological polar surface area (TPSA) is 49.7 Å². The van der Waals surface area contributed by atoms with Crippen LogP contribution in [-0.4, -0.2) is 22.9 Å². The molecule has 0 saturated carbocycles. The van der Waals surface area contributed by atoms with Crippen molar-refractivity contribution in [3.63, 3.8) is 0 Å². The van der Waals surface area contributed by atoms with Crippen LogP contribution < -0.4 is 4.74 Å². The number of allylic oxidation sites excluding steroid dienone is 2. The molecule has 1 aliphatic rings. The Balaban J connectivity index is 2.25. The molecule has 1 aromatic carbocycles. The molecule has 1 aliphatic heterocycles. The smallest absolute Gasteiger partial charge is 0.127 e. The molecule has 18 heavy (non-hydrogen) atoms. The van der Waals surface area contributed by atoms with Crippen molar-refractivity contribution in [1.29, 1.82) is 0 Å². The number of phenols is 1. The molecule has 0 aromatic heterocycles. The van der Waals surface area contributed by atoms with Crippen LogP contribution in [0.5, 0.6) is 11.5 Å². The summed E-state index contributed by atoms with van der Waals surface area (Å²) in [5, 5.41) is 19.4. The molecule has 0 spiro atoms. The van der Waals surface area contributed by atoms with E-state index in [2.05, 4.69) is 6.08 Å². The molecule has 3 heteroatoms. The maximum Gasteiger partial charge on any atom is 0.127 e. The highest BCUT2D eigenvalue weighted by molar-refractivity contribution is 5.52. The van der Waals surface area contributed by atoms with Crippen molar-refractivity contribution in [3.05, 3.63) is 35.4 Å². The van der Waals surface area contributed by atoms with Crippen LogP contribution in [0.25, 0.3) is 0 Å². The summed E-state index contributed by atoms with van der Waals surface area (Å²) in [6.45, 7) is 3.91. The Morgan fingerprint density at radius 1 is 1.39 bits per heavy atom. The highest BCUT2D eigenvalue weighted by Crippen LogP contribution is 2.44. The van der Waals surface area contributed by atoms with E-state index < -0.39 is 0 Å². The zero-order chi connectivity index (χ0) is 13.1. The summed E-state index contributed by atoms with van der Waals surface area (Å²) < 4.78 is 5.70. The SMILES string of the molecule is CC=CCCc1cc(O)c2c(c1)O[C@@H](C)[C@H]2CO. The average Bonchev–Trinajstić information content (AvgIpc) is 2.65. The van der Waals surface area contributed by atoms with Gasteiger partial charge in [-0.15, -0.1) is 0 Å². The Hall–Kier alpha value is -1.48. The molecule has 0 aliphatic carbocycles.